The van der Waals surface area contributed by atoms with Gasteiger partial charge in [-0.05, 0) is 20.3 Å². The fraction of sp³-hybridized carbons (Fsp3) is 0.500. The van der Waals surface area contributed by atoms with Crippen molar-refractivity contribution in [3.8, 4) is 0 Å². The van der Waals surface area contributed by atoms with Crippen molar-refractivity contribution in [2.45, 2.75) is 37.6 Å². The minimum absolute atomic E-state index is 0.0245. The second kappa shape index (κ2) is 3.56. The van der Waals surface area contributed by atoms with Gasteiger partial charge in [0.1, 0.15) is 6.04 Å². The Balaban J connectivity index is 2.11. The first kappa shape index (κ1) is 11.7. The first-order valence-electron chi connectivity index (χ1n) is 6.29. The van der Waals surface area contributed by atoms with E-state index in [4.69, 9.17) is 10.5 Å². The van der Waals surface area contributed by atoms with E-state index >= 15 is 0 Å². The number of rotatable bonds is 1. The third-order valence-electron chi connectivity index (χ3n) is 4.07. The lowest BCUT2D eigenvalue weighted by Gasteiger charge is -2.64. The number of nitrogens with two attached hydrogens (primary N) is 1. The smallest absolute Gasteiger partial charge is 0.247 e. The molecule has 0 spiro atoms. The van der Waals surface area contributed by atoms with Crippen LogP contribution in [-0.2, 0) is 15.3 Å². The molecular weight excluding hydrogens is 228 g/mol. The molecule has 1 amide bonds. The van der Waals surface area contributed by atoms with Gasteiger partial charge in [0.05, 0.1) is 6.61 Å². The Labute approximate surface area is 107 Å². The first-order chi connectivity index (χ1) is 8.50. The van der Waals surface area contributed by atoms with E-state index in [1.165, 1.54) is 0 Å². The van der Waals surface area contributed by atoms with Crippen LogP contribution >= 0.6 is 0 Å². The van der Waals surface area contributed by atoms with Crippen LogP contribution < -0.4 is 5.73 Å². The van der Waals surface area contributed by atoms with Crippen LogP contribution in [0, 0.1) is 0 Å². The Morgan fingerprint density at radius 3 is 2.67 bits per heavy atom. The molecule has 2 aliphatic rings. The number of fused-ring (bicyclic) bond motifs is 1. The van der Waals surface area contributed by atoms with Gasteiger partial charge in [0, 0.05) is 11.1 Å². The molecule has 2 N–H and O–H groups in total. The number of carbonyl (C=O) groups excluding carboxylic acids is 1. The predicted molar refractivity (Wildman–Crippen MR) is 67.6 cm³/mol. The maximum Gasteiger partial charge on any atom is 0.247 e. The monoisotopic (exact) mass is 246 g/mol. The van der Waals surface area contributed by atoms with Crippen molar-refractivity contribution < 1.29 is 9.53 Å². The van der Waals surface area contributed by atoms with Gasteiger partial charge in [0.15, 0.2) is 5.72 Å². The van der Waals surface area contributed by atoms with E-state index in [1.54, 1.807) is 0 Å². The van der Waals surface area contributed by atoms with Crippen LogP contribution in [0.3, 0.4) is 0 Å². The summed E-state index contributed by atoms with van der Waals surface area (Å²) in [5.74, 6) is -0.0245. The molecule has 2 heterocycles. The van der Waals surface area contributed by atoms with Crippen LogP contribution in [-0.4, -0.2) is 29.0 Å². The second-order valence-electron chi connectivity index (χ2n) is 5.62. The van der Waals surface area contributed by atoms with E-state index in [9.17, 15) is 4.79 Å². The van der Waals surface area contributed by atoms with Gasteiger partial charge >= 0.3 is 0 Å². The molecule has 0 aromatic heterocycles. The molecule has 0 radical (unpaired) electrons. The molecule has 0 saturated carbocycles. The predicted octanol–water partition coefficient (Wildman–Crippen LogP) is 1.21. The van der Waals surface area contributed by atoms with Crippen molar-refractivity contribution in [2.75, 3.05) is 6.61 Å². The van der Waals surface area contributed by atoms with E-state index in [2.05, 4.69) is 13.8 Å². The van der Waals surface area contributed by atoms with E-state index in [1.807, 2.05) is 35.2 Å². The molecule has 1 aromatic rings. The lowest BCUT2D eigenvalue weighted by atomic mass is 9.77. The van der Waals surface area contributed by atoms with Gasteiger partial charge in [-0.25, -0.2) is 0 Å². The molecule has 0 bridgehead atoms. The summed E-state index contributed by atoms with van der Waals surface area (Å²) in [6, 6.07) is 9.19. The lowest BCUT2D eigenvalue weighted by molar-refractivity contribution is -0.281. The number of amides is 1. The summed E-state index contributed by atoms with van der Waals surface area (Å²) >= 11 is 0. The number of carbonyl (C=O) groups is 1. The van der Waals surface area contributed by atoms with Crippen LogP contribution in [0.15, 0.2) is 30.3 Å². The van der Waals surface area contributed by atoms with Gasteiger partial charge < -0.3 is 15.4 Å². The number of ether oxygens (including phenoxy) is 1. The highest BCUT2D eigenvalue weighted by molar-refractivity contribution is 5.92. The molecule has 18 heavy (non-hydrogen) atoms. The molecule has 4 heteroatoms. The van der Waals surface area contributed by atoms with Crippen LogP contribution in [0.1, 0.15) is 25.8 Å². The van der Waals surface area contributed by atoms with Gasteiger partial charge in [-0.3, -0.25) is 4.79 Å². The zero-order valence-corrected chi connectivity index (χ0v) is 10.7. The summed E-state index contributed by atoms with van der Waals surface area (Å²) in [5, 5.41) is 0. The Morgan fingerprint density at radius 1 is 1.33 bits per heavy atom. The molecular formula is C14H18N2O2. The Bertz CT molecular complexity index is 486. The fourth-order valence-electron chi connectivity index (χ4n) is 3.08. The summed E-state index contributed by atoms with van der Waals surface area (Å²) in [7, 11) is 0. The fourth-order valence-corrected chi connectivity index (χ4v) is 3.08. The summed E-state index contributed by atoms with van der Waals surface area (Å²) in [4.78, 5) is 13.9. The first-order valence-corrected chi connectivity index (χ1v) is 6.29. The minimum atomic E-state index is -0.764. The highest BCUT2D eigenvalue weighted by atomic mass is 16.5. The van der Waals surface area contributed by atoms with Crippen LogP contribution in [0.2, 0.25) is 0 Å². The van der Waals surface area contributed by atoms with Gasteiger partial charge in [0.25, 0.3) is 0 Å². The summed E-state index contributed by atoms with van der Waals surface area (Å²) in [6.07, 6.45) is 0.833. The van der Waals surface area contributed by atoms with E-state index in [0.717, 1.165) is 12.0 Å². The summed E-state index contributed by atoms with van der Waals surface area (Å²) in [5.41, 5.74) is 6.04. The van der Waals surface area contributed by atoms with Gasteiger partial charge in [0.2, 0.25) is 5.91 Å². The molecule has 2 saturated heterocycles. The highest BCUT2D eigenvalue weighted by Gasteiger charge is 2.66. The van der Waals surface area contributed by atoms with Crippen molar-refractivity contribution in [1.82, 2.24) is 4.90 Å². The van der Waals surface area contributed by atoms with Crippen molar-refractivity contribution in [3.63, 3.8) is 0 Å². The number of hydrogen-bond acceptors (Lipinski definition) is 3. The molecule has 0 aliphatic carbocycles. The minimum Gasteiger partial charge on any atom is -0.349 e. The van der Waals surface area contributed by atoms with E-state index < -0.39 is 11.8 Å². The average molecular weight is 246 g/mol. The third-order valence-corrected chi connectivity index (χ3v) is 4.07. The van der Waals surface area contributed by atoms with Crippen molar-refractivity contribution >= 4 is 5.91 Å². The van der Waals surface area contributed by atoms with E-state index in [-0.39, 0.29) is 11.4 Å². The quantitative estimate of drug-likeness (QED) is 0.758. The maximum atomic E-state index is 12.1. The van der Waals surface area contributed by atoms with Crippen LogP contribution in [0.25, 0.3) is 0 Å². The highest BCUT2D eigenvalue weighted by Crippen LogP contribution is 2.50. The molecule has 2 aliphatic heterocycles. The lowest BCUT2D eigenvalue weighted by Crippen LogP contribution is -2.82. The number of nitrogens with zero attached hydrogens (tertiary/aromatic N) is 1. The van der Waals surface area contributed by atoms with E-state index in [0.29, 0.717) is 6.61 Å². The average Bonchev–Trinajstić information content (AvgIpc) is 2.37. The SMILES string of the molecule is CC1(C)CCOC2(c3ccccc3)C(N)C(=O)N12. The van der Waals surface area contributed by atoms with Crippen molar-refractivity contribution in [3.05, 3.63) is 35.9 Å². The second-order valence-corrected chi connectivity index (χ2v) is 5.62. The molecule has 2 unspecified atom stereocenters. The van der Waals surface area contributed by atoms with Crippen molar-refractivity contribution in [2.24, 2.45) is 5.73 Å². The molecule has 1 aromatic carbocycles. The van der Waals surface area contributed by atoms with Crippen LogP contribution in [0.4, 0.5) is 0 Å². The molecule has 3 rings (SSSR count). The molecule has 4 nitrogen and oxygen atoms in total. The number of β-lactam (4-membered cyclic amide) rings is 1. The molecule has 2 fully saturated rings. The largest absolute Gasteiger partial charge is 0.349 e. The zero-order valence-electron chi connectivity index (χ0n) is 10.7. The molecule has 96 valence electrons. The summed E-state index contributed by atoms with van der Waals surface area (Å²) < 4.78 is 5.95. The summed E-state index contributed by atoms with van der Waals surface area (Å²) in [6.45, 7) is 4.76. The number of hydrogen-bond donors (Lipinski definition) is 1. The van der Waals surface area contributed by atoms with Crippen molar-refractivity contribution in [1.29, 1.82) is 0 Å². The normalized spacial score (nSPS) is 33.8. The molecule has 2 atom stereocenters. The van der Waals surface area contributed by atoms with Gasteiger partial charge in [-0.1, -0.05) is 30.3 Å². The Kier molecular flexibility index (Phi) is 2.31. The topological polar surface area (TPSA) is 55.6 Å². The van der Waals surface area contributed by atoms with Gasteiger partial charge in [-0.15, -0.1) is 0 Å². The number of benzene rings is 1. The third kappa shape index (κ3) is 1.25. The standard InChI is InChI=1S/C14H18N2O2/c1-13(2)8-9-18-14(10-6-4-3-5-7-10)11(15)12(17)16(13)14/h3-7,11H,8-9,15H2,1-2H3. The Morgan fingerprint density at radius 2 is 2.00 bits per heavy atom. The zero-order chi connectivity index (χ0) is 13.0. The Hall–Kier alpha value is -1.39. The maximum absolute atomic E-state index is 12.1. The van der Waals surface area contributed by atoms with Gasteiger partial charge in [-0.2, -0.15) is 0 Å². The van der Waals surface area contributed by atoms with Crippen LogP contribution in [0.5, 0.6) is 0 Å².